The van der Waals surface area contributed by atoms with Gasteiger partial charge in [0.25, 0.3) is 0 Å². The molecule has 5 N–H and O–H groups in total. The predicted octanol–water partition coefficient (Wildman–Crippen LogP) is 4.82. The number of rotatable bonds is 10. The molecule has 194 valence electrons. The van der Waals surface area contributed by atoms with Crippen LogP contribution in [0.25, 0.3) is 0 Å². The smallest absolute Gasteiger partial charge is 0.222 e. The van der Waals surface area contributed by atoms with E-state index < -0.39 is 0 Å². The third-order valence-corrected chi connectivity index (χ3v) is 7.38. The van der Waals surface area contributed by atoms with E-state index in [0.29, 0.717) is 25.4 Å². The molecule has 3 aromatic rings. The normalized spacial score (nSPS) is 17.3. The summed E-state index contributed by atoms with van der Waals surface area (Å²) in [5, 5.41) is 9.66. The number of nitrogens with two attached hydrogens (primary N) is 2. The Morgan fingerprint density at radius 3 is 1.97 bits per heavy atom. The summed E-state index contributed by atoms with van der Waals surface area (Å²) in [6.07, 6.45) is 5.03. The van der Waals surface area contributed by atoms with Gasteiger partial charge in [-0.15, -0.1) is 0 Å². The van der Waals surface area contributed by atoms with Gasteiger partial charge in [-0.25, -0.2) is 0 Å². The summed E-state index contributed by atoms with van der Waals surface area (Å²) in [6, 6.07) is 28.3. The van der Waals surface area contributed by atoms with E-state index in [4.69, 9.17) is 11.5 Å². The minimum Gasteiger partial charge on any atom is -0.508 e. The van der Waals surface area contributed by atoms with E-state index in [2.05, 4.69) is 53.5 Å². The highest BCUT2D eigenvalue weighted by atomic mass is 16.3. The number of carbonyl (C=O) groups is 1. The Morgan fingerprint density at radius 2 is 1.43 bits per heavy atom. The van der Waals surface area contributed by atoms with E-state index >= 15 is 0 Å². The van der Waals surface area contributed by atoms with E-state index in [9.17, 15) is 9.90 Å². The Bertz CT molecular complexity index is 1100. The molecule has 0 unspecified atom stereocenters. The Kier molecular flexibility index (Phi) is 9.19. The van der Waals surface area contributed by atoms with Gasteiger partial charge < -0.3 is 21.5 Å². The standard InChI is InChI=1S/C31H38N4O2/c32-31(33)34-27-15-11-24(12-16-27)21-30(37)35(20-19-23-13-17-28(36)18-14-23)22-29(25-7-3-1-4-8-25)26-9-5-2-6-10-26/h1-10,13-14,17-18,24,27,29,36H,11-12,15-16,19-22H2,(H4,32,33,34). The number of hydrogen-bond donors (Lipinski definition) is 3. The molecule has 0 aliphatic heterocycles. The first-order chi connectivity index (χ1) is 18.0. The van der Waals surface area contributed by atoms with Crippen LogP contribution in [0.5, 0.6) is 5.75 Å². The fourth-order valence-electron chi connectivity index (χ4n) is 5.30. The zero-order valence-electron chi connectivity index (χ0n) is 21.4. The van der Waals surface area contributed by atoms with Gasteiger partial charge in [-0.1, -0.05) is 72.8 Å². The van der Waals surface area contributed by atoms with Crippen LogP contribution >= 0.6 is 0 Å². The fraction of sp³-hybridized carbons (Fsp3) is 0.355. The molecule has 0 heterocycles. The monoisotopic (exact) mass is 498 g/mol. The molecule has 0 spiro atoms. The maximum Gasteiger partial charge on any atom is 0.222 e. The van der Waals surface area contributed by atoms with E-state index in [1.54, 1.807) is 12.1 Å². The van der Waals surface area contributed by atoms with Gasteiger partial charge in [-0.3, -0.25) is 9.79 Å². The van der Waals surface area contributed by atoms with Crippen molar-refractivity contribution >= 4 is 11.9 Å². The number of nitrogens with zero attached hydrogens (tertiary/aromatic N) is 2. The molecule has 3 aromatic carbocycles. The molecule has 1 aliphatic carbocycles. The van der Waals surface area contributed by atoms with Crippen LogP contribution in [0.3, 0.4) is 0 Å². The number of hydrogen-bond acceptors (Lipinski definition) is 3. The molecule has 1 saturated carbocycles. The van der Waals surface area contributed by atoms with Gasteiger partial charge >= 0.3 is 0 Å². The molecule has 1 aliphatic rings. The number of amides is 1. The lowest BCUT2D eigenvalue weighted by Crippen LogP contribution is -2.38. The van der Waals surface area contributed by atoms with Crippen molar-refractivity contribution in [3.8, 4) is 5.75 Å². The molecule has 6 nitrogen and oxygen atoms in total. The fourth-order valence-corrected chi connectivity index (χ4v) is 5.30. The third kappa shape index (κ3) is 7.84. The molecule has 0 saturated heterocycles. The first-order valence-corrected chi connectivity index (χ1v) is 13.2. The summed E-state index contributed by atoms with van der Waals surface area (Å²) in [6.45, 7) is 1.25. The van der Waals surface area contributed by atoms with Gasteiger partial charge in [0, 0.05) is 25.4 Å². The van der Waals surface area contributed by atoms with Crippen LogP contribution in [0.15, 0.2) is 89.9 Å². The zero-order chi connectivity index (χ0) is 26.0. The van der Waals surface area contributed by atoms with E-state index in [1.165, 1.54) is 11.1 Å². The lowest BCUT2D eigenvalue weighted by Gasteiger charge is -2.31. The highest BCUT2D eigenvalue weighted by molar-refractivity contribution is 5.77. The van der Waals surface area contributed by atoms with Crippen molar-refractivity contribution in [1.82, 2.24) is 4.90 Å². The Labute approximate surface area is 220 Å². The molecule has 37 heavy (non-hydrogen) atoms. The minimum absolute atomic E-state index is 0.0868. The van der Waals surface area contributed by atoms with Crippen LogP contribution in [-0.4, -0.2) is 41.0 Å². The molecular formula is C31H38N4O2. The molecule has 0 atom stereocenters. The zero-order valence-corrected chi connectivity index (χ0v) is 21.4. The van der Waals surface area contributed by atoms with Crippen molar-refractivity contribution in [2.24, 2.45) is 22.4 Å². The summed E-state index contributed by atoms with van der Waals surface area (Å²) in [4.78, 5) is 20.1. The van der Waals surface area contributed by atoms with Crippen molar-refractivity contribution < 1.29 is 9.90 Å². The van der Waals surface area contributed by atoms with Crippen LogP contribution in [0.2, 0.25) is 0 Å². The van der Waals surface area contributed by atoms with Crippen molar-refractivity contribution in [2.75, 3.05) is 13.1 Å². The Morgan fingerprint density at radius 1 is 0.865 bits per heavy atom. The second-order valence-electron chi connectivity index (χ2n) is 10.1. The summed E-state index contributed by atoms with van der Waals surface area (Å²) >= 11 is 0. The van der Waals surface area contributed by atoms with Crippen molar-refractivity contribution in [2.45, 2.75) is 50.5 Å². The van der Waals surface area contributed by atoms with Crippen LogP contribution in [0.4, 0.5) is 0 Å². The minimum atomic E-state index is 0.0868. The van der Waals surface area contributed by atoms with Crippen LogP contribution in [-0.2, 0) is 11.2 Å². The summed E-state index contributed by atoms with van der Waals surface area (Å²) in [5.41, 5.74) is 14.6. The maximum atomic E-state index is 13.8. The molecule has 0 aromatic heterocycles. The third-order valence-electron chi connectivity index (χ3n) is 7.38. The maximum absolute atomic E-state index is 13.8. The topological polar surface area (TPSA) is 105 Å². The average Bonchev–Trinajstić information content (AvgIpc) is 2.91. The van der Waals surface area contributed by atoms with Gasteiger partial charge in [0.05, 0.1) is 6.04 Å². The number of benzene rings is 3. The first kappa shape index (κ1) is 26.3. The number of aromatic hydroxyl groups is 1. The molecule has 1 amide bonds. The van der Waals surface area contributed by atoms with Crippen molar-refractivity contribution in [3.05, 3.63) is 102 Å². The van der Waals surface area contributed by atoms with Crippen molar-refractivity contribution in [3.63, 3.8) is 0 Å². The van der Waals surface area contributed by atoms with Crippen molar-refractivity contribution in [1.29, 1.82) is 0 Å². The lowest BCUT2D eigenvalue weighted by atomic mass is 9.84. The Hall–Kier alpha value is -3.80. The number of carbonyl (C=O) groups excluding carboxylic acids is 1. The van der Waals surface area contributed by atoms with Gasteiger partial charge in [0.2, 0.25) is 5.91 Å². The molecule has 6 heteroatoms. The number of aliphatic imine (C=N–C) groups is 1. The van der Waals surface area contributed by atoms with Gasteiger partial charge in [0.15, 0.2) is 5.96 Å². The second kappa shape index (κ2) is 12.9. The molecule has 0 radical (unpaired) electrons. The summed E-state index contributed by atoms with van der Waals surface area (Å²) in [7, 11) is 0. The summed E-state index contributed by atoms with van der Waals surface area (Å²) < 4.78 is 0. The van der Waals surface area contributed by atoms with Crippen LogP contribution in [0, 0.1) is 5.92 Å². The molecule has 0 bridgehead atoms. The summed E-state index contributed by atoms with van der Waals surface area (Å²) in [5.74, 6) is 1.03. The van der Waals surface area contributed by atoms with Crippen LogP contribution < -0.4 is 11.5 Å². The van der Waals surface area contributed by atoms with Gasteiger partial charge in [0.1, 0.15) is 5.75 Å². The van der Waals surface area contributed by atoms with Gasteiger partial charge in [-0.2, -0.15) is 0 Å². The second-order valence-corrected chi connectivity index (χ2v) is 10.1. The van der Waals surface area contributed by atoms with E-state index in [-0.39, 0.29) is 29.6 Å². The first-order valence-electron chi connectivity index (χ1n) is 13.2. The number of guanidine groups is 1. The SMILES string of the molecule is NC(N)=NC1CCC(CC(=O)N(CCc2ccc(O)cc2)CC(c2ccccc2)c2ccccc2)CC1. The Balaban J connectivity index is 1.51. The highest BCUT2D eigenvalue weighted by Crippen LogP contribution is 2.31. The largest absolute Gasteiger partial charge is 0.508 e. The molecule has 1 fully saturated rings. The predicted molar refractivity (Wildman–Crippen MR) is 149 cm³/mol. The van der Waals surface area contributed by atoms with E-state index in [1.807, 2.05) is 29.2 Å². The molecular weight excluding hydrogens is 460 g/mol. The van der Waals surface area contributed by atoms with Crippen LogP contribution in [0.1, 0.15) is 54.7 Å². The van der Waals surface area contributed by atoms with Gasteiger partial charge in [-0.05, 0) is 66.8 Å². The highest BCUT2D eigenvalue weighted by Gasteiger charge is 2.27. The number of phenolic OH excluding ortho intramolecular Hbond substituents is 1. The number of phenols is 1. The quantitative estimate of drug-likeness (QED) is 0.275. The van der Waals surface area contributed by atoms with E-state index in [0.717, 1.165) is 37.7 Å². The molecule has 4 rings (SSSR count). The average molecular weight is 499 g/mol. The lowest BCUT2D eigenvalue weighted by molar-refractivity contribution is -0.132.